The number of nitrogens with one attached hydrogen (secondary N) is 1. The monoisotopic (exact) mass is 413 g/mol. The van der Waals surface area contributed by atoms with Gasteiger partial charge in [0.05, 0.1) is 25.5 Å². The van der Waals surface area contributed by atoms with Crippen LogP contribution >= 0.6 is 11.6 Å². The molecule has 0 aliphatic rings. The average Bonchev–Trinajstić information content (AvgIpc) is 3.02. The van der Waals surface area contributed by atoms with E-state index in [-0.39, 0.29) is 22.9 Å². The Bertz CT molecular complexity index is 1000. The van der Waals surface area contributed by atoms with Crippen molar-refractivity contribution in [2.75, 3.05) is 19.0 Å². The number of rotatable bonds is 6. The molecule has 1 N–H and O–H groups in total. The van der Waals surface area contributed by atoms with Gasteiger partial charge >= 0.3 is 6.18 Å². The molecule has 0 fully saturated rings. The fourth-order valence-electron chi connectivity index (χ4n) is 2.58. The van der Waals surface area contributed by atoms with Crippen molar-refractivity contribution in [3.63, 3.8) is 0 Å². The van der Waals surface area contributed by atoms with E-state index in [4.69, 9.17) is 25.5 Å². The number of furan rings is 1. The van der Waals surface area contributed by atoms with Crippen LogP contribution in [0.4, 0.5) is 18.9 Å². The van der Waals surface area contributed by atoms with Gasteiger partial charge in [0, 0.05) is 22.0 Å². The minimum atomic E-state index is -4.50. The molecule has 0 atom stereocenters. The van der Waals surface area contributed by atoms with Crippen LogP contribution in [0.3, 0.4) is 0 Å². The number of methoxy groups -OCH3 is 1. The largest absolute Gasteiger partial charge is 0.497 e. The molecule has 28 heavy (non-hydrogen) atoms. The predicted octanol–water partition coefficient (Wildman–Crippen LogP) is 5.22. The molecule has 1 aromatic heterocycles. The highest BCUT2D eigenvalue weighted by Crippen LogP contribution is 2.31. The highest BCUT2D eigenvalue weighted by Gasteiger charge is 2.29. The topological polar surface area (TPSA) is 60.7 Å². The van der Waals surface area contributed by atoms with Crippen LogP contribution in [0, 0.1) is 0 Å². The van der Waals surface area contributed by atoms with E-state index in [0.29, 0.717) is 16.9 Å². The summed E-state index contributed by atoms with van der Waals surface area (Å²) in [5.41, 5.74) is 1.23. The van der Waals surface area contributed by atoms with Crippen molar-refractivity contribution < 1.29 is 31.9 Å². The van der Waals surface area contributed by atoms with E-state index in [2.05, 4.69) is 5.32 Å². The summed E-state index contributed by atoms with van der Waals surface area (Å²) < 4.78 is 52.5. The number of anilines is 1. The number of benzene rings is 2. The van der Waals surface area contributed by atoms with Gasteiger partial charge in [-0.2, -0.15) is 13.2 Å². The summed E-state index contributed by atoms with van der Waals surface area (Å²) >= 11 is 5.88. The molecule has 0 bridgehead atoms. The average molecular weight is 414 g/mol. The van der Waals surface area contributed by atoms with Crippen LogP contribution < -0.4 is 14.8 Å². The van der Waals surface area contributed by atoms with E-state index in [1.807, 2.05) is 0 Å². The van der Waals surface area contributed by atoms with Gasteiger partial charge < -0.3 is 19.2 Å². The van der Waals surface area contributed by atoms with Crippen molar-refractivity contribution in [2.45, 2.75) is 12.6 Å². The first-order chi connectivity index (χ1) is 13.2. The maximum absolute atomic E-state index is 12.4. The molecule has 5 nitrogen and oxygen atoms in total. The second-order valence-corrected chi connectivity index (χ2v) is 6.33. The second-order valence-electron chi connectivity index (χ2n) is 5.89. The van der Waals surface area contributed by atoms with Crippen LogP contribution in [0.15, 0.2) is 47.1 Å². The third-order valence-electron chi connectivity index (χ3n) is 3.82. The van der Waals surface area contributed by atoms with Crippen LogP contribution in [-0.2, 0) is 11.2 Å². The zero-order chi connectivity index (χ0) is 20.3. The summed E-state index contributed by atoms with van der Waals surface area (Å²) in [5.74, 6) is 0.0257. The minimum absolute atomic E-state index is 0.0510. The smallest absolute Gasteiger partial charge is 0.422 e. The molecular formula is C19H15ClF3NO4. The fraction of sp³-hybridized carbons (Fsp3) is 0.211. The molecule has 3 aromatic rings. The van der Waals surface area contributed by atoms with Gasteiger partial charge in [-0.15, -0.1) is 0 Å². The van der Waals surface area contributed by atoms with E-state index in [9.17, 15) is 18.0 Å². The lowest BCUT2D eigenvalue weighted by Crippen LogP contribution is -2.20. The number of hydrogen-bond acceptors (Lipinski definition) is 4. The minimum Gasteiger partial charge on any atom is -0.497 e. The van der Waals surface area contributed by atoms with Crippen molar-refractivity contribution in [2.24, 2.45) is 0 Å². The number of halogens is 4. The van der Waals surface area contributed by atoms with E-state index in [1.165, 1.54) is 31.6 Å². The molecule has 9 heteroatoms. The Balaban J connectivity index is 1.75. The van der Waals surface area contributed by atoms with Crippen LogP contribution in [0.1, 0.15) is 5.56 Å². The normalized spacial score (nSPS) is 11.5. The second kappa shape index (κ2) is 8.02. The Hall–Kier alpha value is -2.87. The maximum atomic E-state index is 12.4. The Morgan fingerprint density at radius 2 is 2.00 bits per heavy atom. The van der Waals surface area contributed by atoms with Crippen molar-refractivity contribution in [3.05, 3.63) is 53.2 Å². The van der Waals surface area contributed by atoms with E-state index >= 15 is 0 Å². The Kier molecular flexibility index (Phi) is 5.69. The van der Waals surface area contributed by atoms with Gasteiger partial charge in [0.15, 0.2) is 6.61 Å². The maximum Gasteiger partial charge on any atom is 0.422 e. The number of amides is 1. The lowest BCUT2D eigenvalue weighted by atomic mass is 10.1. The molecule has 148 valence electrons. The molecule has 0 saturated heterocycles. The zero-order valence-corrected chi connectivity index (χ0v) is 15.4. The fourth-order valence-corrected chi connectivity index (χ4v) is 2.75. The summed E-state index contributed by atoms with van der Waals surface area (Å²) in [4.78, 5) is 12.4. The molecule has 0 unspecified atom stereocenters. The summed E-state index contributed by atoms with van der Waals surface area (Å²) in [6.07, 6.45) is -3.11. The van der Waals surface area contributed by atoms with Crippen LogP contribution in [0.5, 0.6) is 11.5 Å². The number of hydrogen-bond donors (Lipinski definition) is 1. The van der Waals surface area contributed by atoms with Gasteiger partial charge in [0.25, 0.3) is 0 Å². The van der Waals surface area contributed by atoms with Crippen LogP contribution in [0.25, 0.3) is 11.0 Å². The zero-order valence-electron chi connectivity index (χ0n) is 14.6. The lowest BCUT2D eigenvalue weighted by Gasteiger charge is -2.14. The standard InChI is InChI=1S/C19H15ClF3NO4/c1-26-13-3-4-14-11(9-27-17(14)8-13)6-18(25)24-15-7-12(20)2-5-16(15)28-10-19(21,22)23/h2-5,7-9H,6,10H2,1H3,(H,24,25). The van der Waals surface area contributed by atoms with Crippen molar-refractivity contribution in [3.8, 4) is 11.5 Å². The van der Waals surface area contributed by atoms with Crippen molar-refractivity contribution >= 4 is 34.2 Å². The van der Waals surface area contributed by atoms with Gasteiger partial charge in [-0.3, -0.25) is 4.79 Å². The van der Waals surface area contributed by atoms with Gasteiger partial charge in [0.1, 0.15) is 17.1 Å². The Morgan fingerprint density at radius 3 is 2.71 bits per heavy atom. The SMILES string of the molecule is COc1ccc2c(CC(=O)Nc3cc(Cl)ccc3OCC(F)(F)F)coc2c1. The molecule has 2 aromatic carbocycles. The summed E-state index contributed by atoms with van der Waals surface area (Å²) in [6.45, 7) is -1.48. The summed E-state index contributed by atoms with van der Waals surface area (Å²) in [6, 6.07) is 9.15. The van der Waals surface area contributed by atoms with Crippen molar-refractivity contribution in [1.29, 1.82) is 0 Å². The van der Waals surface area contributed by atoms with E-state index in [1.54, 1.807) is 18.2 Å². The Morgan fingerprint density at radius 1 is 1.21 bits per heavy atom. The van der Waals surface area contributed by atoms with E-state index < -0.39 is 18.7 Å². The molecule has 0 aliphatic heterocycles. The molecule has 0 aliphatic carbocycles. The molecule has 1 amide bonds. The van der Waals surface area contributed by atoms with Crippen LogP contribution in [0.2, 0.25) is 5.02 Å². The predicted molar refractivity (Wildman–Crippen MR) is 98.1 cm³/mol. The molecular weight excluding hydrogens is 399 g/mol. The van der Waals surface area contributed by atoms with Crippen LogP contribution in [-0.4, -0.2) is 25.8 Å². The molecule has 0 radical (unpaired) electrons. The molecule has 0 spiro atoms. The van der Waals surface area contributed by atoms with Gasteiger partial charge in [-0.25, -0.2) is 0 Å². The number of carbonyl (C=O) groups excluding carboxylic acids is 1. The van der Waals surface area contributed by atoms with Gasteiger partial charge in [-0.05, 0) is 30.3 Å². The number of alkyl halides is 3. The first kappa shape index (κ1) is 19.9. The molecule has 1 heterocycles. The first-order valence-electron chi connectivity index (χ1n) is 8.08. The Labute approximate surface area is 163 Å². The molecule has 3 rings (SSSR count). The lowest BCUT2D eigenvalue weighted by molar-refractivity contribution is -0.153. The summed E-state index contributed by atoms with van der Waals surface area (Å²) in [5, 5.41) is 3.51. The molecule has 0 saturated carbocycles. The highest BCUT2D eigenvalue weighted by molar-refractivity contribution is 6.31. The quantitative estimate of drug-likeness (QED) is 0.602. The van der Waals surface area contributed by atoms with Crippen molar-refractivity contribution in [1.82, 2.24) is 0 Å². The van der Waals surface area contributed by atoms with E-state index in [0.717, 1.165) is 5.39 Å². The first-order valence-corrected chi connectivity index (χ1v) is 8.46. The highest BCUT2D eigenvalue weighted by atomic mass is 35.5. The number of ether oxygens (including phenoxy) is 2. The summed E-state index contributed by atoms with van der Waals surface area (Å²) in [7, 11) is 1.53. The third kappa shape index (κ3) is 4.89. The number of carbonyl (C=O) groups is 1. The van der Waals surface area contributed by atoms with Gasteiger partial charge in [0.2, 0.25) is 5.91 Å². The number of fused-ring (bicyclic) bond motifs is 1. The van der Waals surface area contributed by atoms with Gasteiger partial charge in [-0.1, -0.05) is 11.6 Å². The third-order valence-corrected chi connectivity index (χ3v) is 4.06.